The van der Waals surface area contributed by atoms with E-state index < -0.39 is 5.60 Å². The van der Waals surface area contributed by atoms with E-state index in [0.29, 0.717) is 40.2 Å². The maximum Gasteiger partial charge on any atom is 0.163 e. The van der Waals surface area contributed by atoms with E-state index in [0.717, 1.165) is 59.0 Å². The molecule has 0 unspecified atom stereocenters. The van der Waals surface area contributed by atoms with Crippen molar-refractivity contribution in [2.75, 3.05) is 25.0 Å². The Kier molecular flexibility index (Phi) is 5.99. The Balaban J connectivity index is 1.42. The van der Waals surface area contributed by atoms with Crippen LogP contribution in [0, 0.1) is 5.82 Å². The molecule has 5 heterocycles. The van der Waals surface area contributed by atoms with E-state index in [1.165, 1.54) is 12.1 Å². The Morgan fingerprint density at radius 1 is 1.10 bits per heavy atom. The van der Waals surface area contributed by atoms with Crippen molar-refractivity contribution in [1.29, 1.82) is 0 Å². The molecule has 0 bridgehead atoms. The van der Waals surface area contributed by atoms with Crippen molar-refractivity contribution in [1.82, 2.24) is 30.2 Å². The highest BCUT2D eigenvalue weighted by Gasteiger charge is 2.39. The van der Waals surface area contributed by atoms with Crippen LogP contribution in [0.4, 0.5) is 10.2 Å². The minimum atomic E-state index is -0.930. The van der Waals surface area contributed by atoms with Crippen molar-refractivity contribution < 1.29 is 9.50 Å². The van der Waals surface area contributed by atoms with Crippen LogP contribution in [0.5, 0.6) is 0 Å². The largest absolute Gasteiger partial charge is 0.387 e. The number of anilines is 1. The minimum Gasteiger partial charge on any atom is -0.387 e. The van der Waals surface area contributed by atoms with Gasteiger partial charge >= 0.3 is 0 Å². The Morgan fingerprint density at radius 2 is 1.95 bits per heavy atom. The topological polar surface area (TPSA) is 103 Å². The molecule has 2 aliphatic rings. The molecule has 10 heteroatoms. The Labute approximate surface area is 235 Å². The second kappa shape index (κ2) is 9.47. The van der Waals surface area contributed by atoms with Crippen LogP contribution in [0.25, 0.3) is 44.6 Å². The summed E-state index contributed by atoms with van der Waals surface area (Å²) in [6.45, 7) is 3.20. The van der Waals surface area contributed by atoms with E-state index in [9.17, 15) is 9.50 Å². The molecule has 1 aromatic carbocycles. The summed E-state index contributed by atoms with van der Waals surface area (Å²) in [4.78, 5) is 24.6. The number of likely N-dealkylation sites (N-methyl/N-ethyl adjacent to an activating group) is 1. The SMILES string of the molecule is CN(c1nc(-c2ccnc3[nH]c(-c4cc(F)ccc4Cl)cc23)nc2cncc(C3CC3)c12)[C@@H]1CCNC[C@@]1(C)O. The van der Waals surface area contributed by atoms with E-state index >= 15 is 0 Å². The summed E-state index contributed by atoms with van der Waals surface area (Å²) in [5.41, 5.74) is 3.60. The fourth-order valence-corrected chi connectivity index (χ4v) is 6.23. The first-order valence-electron chi connectivity index (χ1n) is 13.6. The summed E-state index contributed by atoms with van der Waals surface area (Å²) >= 11 is 6.41. The molecule has 5 aromatic rings. The van der Waals surface area contributed by atoms with Crippen LogP contribution in [-0.4, -0.2) is 61.8 Å². The average molecular weight is 558 g/mol. The third kappa shape index (κ3) is 4.29. The zero-order valence-corrected chi connectivity index (χ0v) is 23.0. The molecule has 2 atom stereocenters. The summed E-state index contributed by atoms with van der Waals surface area (Å²) < 4.78 is 14.1. The van der Waals surface area contributed by atoms with E-state index in [2.05, 4.69) is 25.2 Å². The number of H-pyrrole nitrogens is 1. The van der Waals surface area contributed by atoms with Crippen LogP contribution < -0.4 is 10.2 Å². The number of pyridine rings is 2. The van der Waals surface area contributed by atoms with Gasteiger partial charge in [-0.2, -0.15) is 0 Å². The van der Waals surface area contributed by atoms with Crippen molar-refractivity contribution in [3.8, 4) is 22.6 Å². The fourth-order valence-electron chi connectivity index (χ4n) is 6.01. The number of nitrogens with one attached hydrogen (secondary N) is 2. The first-order valence-corrected chi connectivity index (χ1v) is 13.9. The van der Waals surface area contributed by atoms with Crippen LogP contribution in [0.1, 0.15) is 37.7 Å². The molecule has 1 saturated carbocycles. The van der Waals surface area contributed by atoms with Gasteiger partial charge in [0.15, 0.2) is 5.82 Å². The van der Waals surface area contributed by atoms with E-state index in [4.69, 9.17) is 21.6 Å². The van der Waals surface area contributed by atoms with Gasteiger partial charge in [0.25, 0.3) is 0 Å². The van der Waals surface area contributed by atoms with Crippen LogP contribution in [0.2, 0.25) is 5.02 Å². The highest BCUT2D eigenvalue weighted by Crippen LogP contribution is 2.45. The summed E-state index contributed by atoms with van der Waals surface area (Å²) in [6, 6.07) is 7.94. The summed E-state index contributed by atoms with van der Waals surface area (Å²) in [6.07, 6.45) is 8.46. The first-order chi connectivity index (χ1) is 19.3. The number of nitrogens with zero attached hydrogens (tertiary/aromatic N) is 5. The van der Waals surface area contributed by atoms with Gasteiger partial charge in [-0.25, -0.2) is 19.3 Å². The molecule has 204 valence electrons. The molecule has 3 N–H and O–H groups in total. The molecule has 2 fully saturated rings. The third-order valence-electron chi connectivity index (χ3n) is 8.22. The number of fused-ring (bicyclic) bond motifs is 2. The fraction of sp³-hybridized carbons (Fsp3) is 0.333. The number of benzene rings is 1. The Bertz CT molecular complexity index is 1770. The van der Waals surface area contributed by atoms with Crippen molar-refractivity contribution in [3.05, 3.63) is 65.3 Å². The van der Waals surface area contributed by atoms with Gasteiger partial charge in [-0.15, -0.1) is 0 Å². The lowest BCUT2D eigenvalue weighted by molar-refractivity contribution is 0.0143. The lowest BCUT2D eigenvalue weighted by Crippen LogP contribution is -2.59. The number of rotatable bonds is 5. The maximum absolute atomic E-state index is 14.1. The van der Waals surface area contributed by atoms with Crippen LogP contribution in [0.15, 0.2) is 48.9 Å². The predicted molar refractivity (Wildman–Crippen MR) is 155 cm³/mol. The Morgan fingerprint density at radius 3 is 2.75 bits per heavy atom. The molecule has 0 radical (unpaired) electrons. The minimum absolute atomic E-state index is 0.133. The number of hydrogen-bond donors (Lipinski definition) is 3. The molecule has 4 aromatic heterocycles. The highest BCUT2D eigenvalue weighted by molar-refractivity contribution is 6.33. The van der Waals surface area contributed by atoms with Gasteiger partial charge in [0.05, 0.1) is 28.4 Å². The second-order valence-electron chi connectivity index (χ2n) is 11.1. The second-order valence-corrected chi connectivity index (χ2v) is 11.6. The monoisotopic (exact) mass is 557 g/mol. The lowest BCUT2D eigenvalue weighted by Gasteiger charge is -2.43. The number of halogens is 2. The van der Waals surface area contributed by atoms with Gasteiger partial charge in [-0.3, -0.25) is 4.98 Å². The average Bonchev–Trinajstić information content (AvgIpc) is 3.70. The maximum atomic E-state index is 14.1. The van der Waals surface area contributed by atoms with Crippen molar-refractivity contribution in [2.24, 2.45) is 0 Å². The first kappa shape index (κ1) is 25.3. The molecule has 0 amide bonds. The van der Waals surface area contributed by atoms with Gasteiger partial charge in [-0.1, -0.05) is 11.6 Å². The molecule has 1 aliphatic carbocycles. The quantitative estimate of drug-likeness (QED) is 0.264. The molecule has 8 nitrogen and oxygen atoms in total. The van der Waals surface area contributed by atoms with Crippen molar-refractivity contribution >= 4 is 39.4 Å². The number of aromatic nitrogens is 5. The number of hydrogen-bond acceptors (Lipinski definition) is 7. The normalized spacial score (nSPS) is 21.3. The van der Waals surface area contributed by atoms with Gasteiger partial charge in [0.2, 0.25) is 0 Å². The summed E-state index contributed by atoms with van der Waals surface area (Å²) in [5, 5.41) is 16.8. The smallest absolute Gasteiger partial charge is 0.163 e. The standard InChI is InChI=1S/C30H29ClFN7O/c1-30(40)15-33-9-8-25(30)39(2)29-26-21(16-3-4-16)13-34-14-24(26)37-28(38-29)18-7-10-35-27-19(18)12-23(36-27)20-11-17(32)5-6-22(20)31/h5-7,10-14,16,25,33,40H,3-4,8-9,15H2,1-2H3,(H,35,36)/t25-,30-/m1/s1. The molecule has 40 heavy (non-hydrogen) atoms. The van der Waals surface area contributed by atoms with Crippen LogP contribution in [-0.2, 0) is 0 Å². The number of aliphatic hydroxyl groups is 1. The van der Waals surface area contributed by atoms with Crippen molar-refractivity contribution in [3.63, 3.8) is 0 Å². The molecular weight excluding hydrogens is 529 g/mol. The summed E-state index contributed by atoms with van der Waals surface area (Å²) in [7, 11) is 2.01. The molecule has 1 saturated heterocycles. The van der Waals surface area contributed by atoms with Crippen LogP contribution >= 0.6 is 11.6 Å². The van der Waals surface area contributed by atoms with E-state index in [1.54, 1.807) is 18.5 Å². The molecule has 7 rings (SSSR count). The number of piperidine rings is 1. The number of β-amino-alcohol motifs (C(OH)–C–C–N with tert-alkyl or cyclic N) is 1. The summed E-state index contributed by atoms with van der Waals surface area (Å²) in [5.74, 6) is 1.39. The van der Waals surface area contributed by atoms with Gasteiger partial charge in [-0.05, 0) is 74.5 Å². The third-order valence-corrected chi connectivity index (χ3v) is 8.55. The lowest BCUT2D eigenvalue weighted by atomic mass is 9.89. The highest BCUT2D eigenvalue weighted by atomic mass is 35.5. The van der Waals surface area contributed by atoms with Gasteiger partial charge in [0.1, 0.15) is 17.3 Å². The predicted octanol–water partition coefficient (Wildman–Crippen LogP) is 5.45. The number of aromatic amines is 1. The van der Waals surface area contributed by atoms with E-state index in [-0.39, 0.29) is 11.9 Å². The van der Waals surface area contributed by atoms with E-state index in [1.807, 2.05) is 32.3 Å². The zero-order chi connectivity index (χ0) is 27.6. The van der Waals surface area contributed by atoms with Gasteiger partial charge in [0, 0.05) is 53.6 Å². The molecule has 0 spiro atoms. The molecule has 1 aliphatic heterocycles. The van der Waals surface area contributed by atoms with Gasteiger partial charge < -0.3 is 20.3 Å². The molecular formula is C30H29ClFN7O. The van der Waals surface area contributed by atoms with Crippen molar-refractivity contribution in [2.45, 2.75) is 43.7 Å². The van der Waals surface area contributed by atoms with Crippen LogP contribution in [0.3, 0.4) is 0 Å². The zero-order valence-electron chi connectivity index (χ0n) is 22.2. The Hall–Kier alpha value is -3.66.